The van der Waals surface area contributed by atoms with Crippen LogP contribution in [0.25, 0.3) is 0 Å². The molecule has 3 aromatic carbocycles. The lowest BCUT2D eigenvalue weighted by Crippen LogP contribution is -2.35. The number of aryl methyl sites for hydroxylation is 1. The highest BCUT2D eigenvalue weighted by Gasteiger charge is 2.40. The maximum absolute atomic E-state index is 11.6. The maximum atomic E-state index is 11.6. The molecule has 0 aromatic heterocycles. The highest BCUT2D eigenvalue weighted by atomic mass is 16.3. The summed E-state index contributed by atoms with van der Waals surface area (Å²) in [6, 6.07) is 26.2. The van der Waals surface area contributed by atoms with E-state index in [1.165, 1.54) is 0 Å². The standard InChI is InChI=1S/C21H20O2/c1-16-10-8-9-15-19(16)20(22)21(23,17-11-4-2-5-12-17)18-13-6-3-7-14-18/h2-15,20,22-23H,1H3. The summed E-state index contributed by atoms with van der Waals surface area (Å²) in [5.74, 6) is 0. The molecule has 0 saturated heterocycles. The Morgan fingerprint density at radius 3 is 1.61 bits per heavy atom. The predicted molar refractivity (Wildman–Crippen MR) is 92.0 cm³/mol. The van der Waals surface area contributed by atoms with Gasteiger partial charge in [-0.1, -0.05) is 84.9 Å². The van der Waals surface area contributed by atoms with Crippen LogP contribution in [0.3, 0.4) is 0 Å². The molecule has 2 nitrogen and oxygen atoms in total. The minimum Gasteiger partial charge on any atom is -0.385 e. The fourth-order valence-corrected chi connectivity index (χ4v) is 2.99. The first-order valence-electron chi connectivity index (χ1n) is 7.71. The van der Waals surface area contributed by atoms with Crippen molar-refractivity contribution in [3.63, 3.8) is 0 Å². The predicted octanol–water partition coefficient (Wildman–Crippen LogP) is 3.96. The minimum atomic E-state index is -1.51. The molecule has 1 atom stereocenters. The van der Waals surface area contributed by atoms with E-state index in [2.05, 4.69) is 0 Å². The lowest BCUT2D eigenvalue weighted by molar-refractivity contribution is -0.0520. The Morgan fingerprint density at radius 1 is 0.696 bits per heavy atom. The molecule has 2 N–H and O–H groups in total. The van der Waals surface area contributed by atoms with Crippen LogP contribution in [0.4, 0.5) is 0 Å². The van der Waals surface area contributed by atoms with Gasteiger partial charge in [-0.05, 0) is 29.2 Å². The molecule has 0 amide bonds. The van der Waals surface area contributed by atoms with Gasteiger partial charge in [0.15, 0.2) is 0 Å². The van der Waals surface area contributed by atoms with E-state index in [-0.39, 0.29) is 0 Å². The molecule has 0 aliphatic carbocycles. The molecule has 1 unspecified atom stereocenters. The Kier molecular flexibility index (Phi) is 4.28. The molecule has 3 rings (SSSR count). The SMILES string of the molecule is Cc1ccccc1C(O)C(O)(c1ccccc1)c1ccccc1. The molecule has 0 saturated carbocycles. The van der Waals surface area contributed by atoms with Crippen molar-refractivity contribution in [2.24, 2.45) is 0 Å². The summed E-state index contributed by atoms with van der Waals surface area (Å²) in [6.07, 6.45) is -1.06. The normalized spacial score (nSPS) is 12.8. The lowest BCUT2D eigenvalue weighted by Gasteiger charge is -2.35. The Balaban J connectivity index is 2.19. The average molecular weight is 304 g/mol. The molecule has 0 spiro atoms. The van der Waals surface area contributed by atoms with Gasteiger partial charge in [-0.3, -0.25) is 0 Å². The first kappa shape index (κ1) is 15.5. The van der Waals surface area contributed by atoms with Gasteiger partial charge in [0.2, 0.25) is 0 Å². The van der Waals surface area contributed by atoms with Gasteiger partial charge in [0.05, 0.1) is 0 Å². The number of aliphatic hydroxyl groups excluding tert-OH is 1. The Morgan fingerprint density at radius 2 is 1.13 bits per heavy atom. The summed E-state index contributed by atoms with van der Waals surface area (Å²) < 4.78 is 0. The average Bonchev–Trinajstić information content (AvgIpc) is 2.62. The first-order valence-corrected chi connectivity index (χ1v) is 7.71. The molecule has 0 heterocycles. The fraction of sp³-hybridized carbons (Fsp3) is 0.143. The van der Waals surface area contributed by atoms with Gasteiger partial charge >= 0.3 is 0 Å². The molecular formula is C21H20O2. The van der Waals surface area contributed by atoms with Crippen molar-refractivity contribution in [3.8, 4) is 0 Å². The highest BCUT2D eigenvalue weighted by Crippen LogP contribution is 2.41. The molecule has 0 aliphatic heterocycles. The molecule has 2 heteroatoms. The summed E-state index contributed by atoms with van der Waals surface area (Å²) in [6.45, 7) is 1.94. The van der Waals surface area contributed by atoms with Crippen molar-refractivity contribution in [2.75, 3.05) is 0 Å². The number of benzene rings is 3. The van der Waals surface area contributed by atoms with Crippen LogP contribution in [0.5, 0.6) is 0 Å². The largest absolute Gasteiger partial charge is 0.385 e. The molecule has 0 aliphatic rings. The van der Waals surface area contributed by atoms with Gasteiger partial charge in [-0.25, -0.2) is 0 Å². The molecule has 3 aromatic rings. The molecule has 116 valence electrons. The van der Waals surface area contributed by atoms with Crippen molar-refractivity contribution in [2.45, 2.75) is 18.6 Å². The first-order chi connectivity index (χ1) is 11.1. The van der Waals surface area contributed by atoms with E-state index in [0.29, 0.717) is 11.1 Å². The zero-order valence-electron chi connectivity index (χ0n) is 13.1. The summed E-state index contributed by atoms with van der Waals surface area (Å²) in [7, 11) is 0. The summed E-state index contributed by atoms with van der Waals surface area (Å²) in [4.78, 5) is 0. The summed E-state index contributed by atoms with van der Waals surface area (Å²) >= 11 is 0. The Bertz CT molecular complexity index is 727. The molecular weight excluding hydrogens is 284 g/mol. The number of hydrogen-bond acceptors (Lipinski definition) is 2. The van der Waals surface area contributed by atoms with Gasteiger partial charge in [-0.2, -0.15) is 0 Å². The quantitative estimate of drug-likeness (QED) is 0.766. The van der Waals surface area contributed by atoms with Crippen LogP contribution < -0.4 is 0 Å². The van der Waals surface area contributed by atoms with E-state index < -0.39 is 11.7 Å². The van der Waals surface area contributed by atoms with Gasteiger partial charge < -0.3 is 10.2 Å². The zero-order chi connectivity index (χ0) is 16.3. The zero-order valence-corrected chi connectivity index (χ0v) is 13.1. The van der Waals surface area contributed by atoms with E-state index in [9.17, 15) is 10.2 Å². The van der Waals surface area contributed by atoms with Crippen molar-refractivity contribution >= 4 is 0 Å². The van der Waals surface area contributed by atoms with Crippen LogP contribution in [0.2, 0.25) is 0 Å². The van der Waals surface area contributed by atoms with Crippen LogP contribution in [-0.2, 0) is 5.60 Å². The summed E-state index contributed by atoms with van der Waals surface area (Å²) in [5.41, 5.74) is 1.51. The third-order valence-corrected chi connectivity index (χ3v) is 4.31. The van der Waals surface area contributed by atoms with Crippen LogP contribution in [0, 0.1) is 6.92 Å². The third-order valence-electron chi connectivity index (χ3n) is 4.31. The van der Waals surface area contributed by atoms with E-state index in [1.807, 2.05) is 91.9 Å². The molecule has 0 radical (unpaired) electrons. The van der Waals surface area contributed by atoms with Gasteiger partial charge in [0.1, 0.15) is 11.7 Å². The minimum absolute atomic E-state index is 0.668. The molecule has 0 bridgehead atoms. The van der Waals surface area contributed by atoms with Crippen LogP contribution >= 0.6 is 0 Å². The molecule has 23 heavy (non-hydrogen) atoms. The van der Waals surface area contributed by atoms with Crippen molar-refractivity contribution in [3.05, 3.63) is 107 Å². The number of rotatable bonds is 4. The highest BCUT2D eigenvalue weighted by molar-refractivity contribution is 5.42. The van der Waals surface area contributed by atoms with E-state index in [0.717, 1.165) is 11.1 Å². The van der Waals surface area contributed by atoms with Crippen molar-refractivity contribution in [1.29, 1.82) is 0 Å². The second kappa shape index (κ2) is 6.37. The van der Waals surface area contributed by atoms with Gasteiger partial charge in [0.25, 0.3) is 0 Å². The maximum Gasteiger partial charge on any atom is 0.145 e. The Labute approximate surface area is 136 Å². The fourth-order valence-electron chi connectivity index (χ4n) is 2.99. The lowest BCUT2D eigenvalue weighted by atomic mass is 9.78. The second-order valence-corrected chi connectivity index (χ2v) is 5.76. The van der Waals surface area contributed by atoms with E-state index in [1.54, 1.807) is 0 Å². The van der Waals surface area contributed by atoms with E-state index in [4.69, 9.17) is 0 Å². The third kappa shape index (κ3) is 2.79. The summed E-state index contributed by atoms with van der Waals surface area (Å²) in [5, 5.41) is 22.6. The van der Waals surface area contributed by atoms with Crippen molar-refractivity contribution in [1.82, 2.24) is 0 Å². The molecule has 0 fully saturated rings. The number of hydrogen-bond donors (Lipinski definition) is 2. The topological polar surface area (TPSA) is 40.5 Å². The van der Waals surface area contributed by atoms with Crippen LogP contribution in [0.15, 0.2) is 84.9 Å². The van der Waals surface area contributed by atoms with Gasteiger partial charge in [-0.15, -0.1) is 0 Å². The monoisotopic (exact) mass is 304 g/mol. The van der Waals surface area contributed by atoms with E-state index >= 15 is 0 Å². The Hall–Kier alpha value is -2.42. The van der Waals surface area contributed by atoms with Crippen LogP contribution in [-0.4, -0.2) is 10.2 Å². The smallest absolute Gasteiger partial charge is 0.145 e. The van der Waals surface area contributed by atoms with Gasteiger partial charge in [0, 0.05) is 0 Å². The van der Waals surface area contributed by atoms with Crippen LogP contribution in [0.1, 0.15) is 28.4 Å². The number of aliphatic hydroxyl groups is 2. The van der Waals surface area contributed by atoms with Crippen molar-refractivity contribution < 1.29 is 10.2 Å². The second-order valence-electron chi connectivity index (χ2n) is 5.76.